The van der Waals surface area contributed by atoms with E-state index in [2.05, 4.69) is 15.0 Å². The Kier molecular flexibility index (Phi) is 7.17. The van der Waals surface area contributed by atoms with E-state index >= 15 is 0 Å². The van der Waals surface area contributed by atoms with E-state index in [0.717, 1.165) is 19.5 Å². The maximum atomic E-state index is 10.8. The van der Waals surface area contributed by atoms with Crippen LogP contribution < -0.4 is 5.32 Å². The summed E-state index contributed by atoms with van der Waals surface area (Å²) in [5, 5.41) is 3.35. The van der Waals surface area contributed by atoms with E-state index < -0.39 is 0 Å². The Morgan fingerprint density at radius 2 is 1.94 bits per heavy atom. The van der Waals surface area contributed by atoms with Crippen molar-refractivity contribution in [1.29, 1.82) is 0 Å². The Hall–Kier alpha value is -0.610. The van der Waals surface area contributed by atoms with E-state index in [-0.39, 0.29) is 5.97 Å². The summed E-state index contributed by atoms with van der Waals surface area (Å²) < 4.78 is 4.57. The van der Waals surface area contributed by atoms with Gasteiger partial charge in [-0.3, -0.25) is 4.79 Å². The molecule has 0 atom stereocenters. The molecule has 0 spiro atoms. The van der Waals surface area contributed by atoms with Gasteiger partial charge in [0.1, 0.15) is 0 Å². The van der Waals surface area contributed by atoms with Crippen LogP contribution in [0.2, 0.25) is 0 Å². The van der Waals surface area contributed by atoms with Crippen LogP contribution in [0.15, 0.2) is 0 Å². The van der Waals surface area contributed by atoms with Gasteiger partial charge in [-0.2, -0.15) is 0 Å². The van der Waals surface area contributed by atoms with Crippen LogP contribution in [-0.4, -0.2) is 50.7 Å². The Morgan fingerprint density at radius 1 is 1.25 bits per heavy atom. The molecule has 0 unspecified atom stereocenters. The molecular weight excluding hydrogens is 204 g/mol. The van der Waals surface area contributed by atoms with Crippen LogP contribution >= 0.6 is 0 Å². The molecule has 0 saturated carbocycles. The van der Waals surface area contributed by atoms with Gasteiger partial charge in [-0.05, 0) is 58.4 Å². The van der Waals surface area contributed by atoms with Crippen LogP contribution in [-0.2, 0) is 9.53 Å². The third-order valence-electron chi connectivity index (χ3n) is 2.99. The smallest absolute Gasteiger partial charge is 0.305 e. The van der Waals surface area contributed by atoms with Gasteiger partial charge in [-0.15, -0.1) is 0 Å². The lowest BCUT2D eigenvalue weighted by Gasteiger charge is -2.14. The lowest BCUT2D eigenvalue weighted by atomic mass is 10.3. The third-order valence-corrected chi connectivity index (χ3v) is 2.99. The van der Waals surface area contributed by atoms with E-state index in [0.29, 0.717) is 6.42 Å². The molecule has 0 aromatic carbocycles. The average molecular weight is 228 g/mol. The van der Waals surface area contributed by atoms with Gasteiger partial charge >= 0.3 is 5.97 Å². The van der Waals surface area contributed by atoms with Gasteiger partial charge < -0.3 is 15.0 Å². The second kappa shape index (κ2) is 8.53. The fourth-order valence-electron chi connectivity index (χ4n) is 2.02. The number of esters is 1. The van der Waals surface area contributed by atoms with Crippen molar-refractivity contribution >= 4 is 5.97 Å². The van der Waals surface area contributed by atoms with Gasteiger partial charge in [-0.25, -0.2) is 0 Å². The number of ether oxygens (including phenoxy) is 1. The Labute approximate surface area is 98.3 Å². The van der Waals surface area contributed by atoms with Crippen molar-refractivity contribution < 1.29 is 9.53 Å². The van der Waals surface area contributed by atoms with Crippen LogP contribution in [0, 0.1) is 0 Å². The summed E-state index contributed by atoms with van der Waals surface area (Å²) >= 11 is 0. The SMILES string of the molecule is COC(=O)CCCNCCCN1CCCC1. The van der Waals surface area contributed by atoms with Crippen LogP contribution in [0.5, 0.6) is 0 Å². The molecule has 1 N–H and O–H groups in total. The molecule has 0 amide bonds. The molecule has 0 radical (unpaired) electrons. The molecule has 1 saturated heterocycles. The maximum absolute atomic E-state index is 10.8. The number of carbonyl (C=O) groups is 1. The van der Waals surface area contributed by atoms with Gasteiger partial charge in [0.2, 0.25) is 0 Å². The van der Waals surface area contributed by atoms with Crippen molar-refractivity contribution in [3.05, 3.63) is 0 Å². The quantitative estimate of drug-likeness (QED) is 0.497. The summed E-state index contributed by atoms with van der Waals surface area (Å²) in [5.41, 5.74) is 0. The van der Waals surface area contributed by atoms with Crippen LogP contribution in [0.25, 0.3) is 0 Å². The van der Waals surface area contributed by atoms with Gasteiger partial charge in [0.05, 0.1) is 7.11 Å². The molecular formula is C12H24N2O2. The number of methoxy groups -OCH3 is 1. The van der Waals surface area contributed by atoms with E-state index in [9.17, 15) is 4.79 Å². The first-order valence-electron chi connectivity index (χ1n) is 6.33. The van der Waals surface area contributed by atoms with Crippen molar-refractivity contribution in [3.8, 4) is 0 Å². The predicted molar refractivity (Wildman–Crippen MR) is 64.4 cm³/mol. The zero-order valence-corrected chi connectivity index (χ0v) is 10.3. The monoisotopic (exact) mass is 228 g/mol. The summed E-state index contributed by atoms with van der Waals surface area (Å²) in [6.07, 6.45) is 5.34. The molecule has 1 rings (SSSR count). The Morgan fingerprint density at radius 3 is 2.62 bits per heavy atom. The minimum absolute atomic E-state index is 0.112. The van der Waals surface area contributed by atoms with Crippen LogP contribution in [0.3, 0.4) is 0 Å². The summed E-state index contributed by atoms with van der Waals surface area (Å²) in [4.78, 5) is 13.3. The van der Waals surface area contributed by atoms with Gasteiger partial charge in [0, 0.05) is 6.42 Å². The second-order valence-electron chi connectivity index (χ2n) is 4.33. The summed E-state index contributed by atoms with van der Waals surface area (Å²) in [6, 6.07) is 0. The van der Waals surface area contributed by atoms with E-state index in [1.807, 2.05) is 0 Å². The number of carbonyl (C=O) groups excluding carboxylic acids is 1. The first-order valence-corrected chi connectivity index (χ1v) is 6.33. The topological polar surface area (TPSA) is 41.6 Å². The number of likely N-dealkylation sites (tertiary alicyclic amines) is 1. The maximum Gasteiger partial charge on any atom is 0.305 e. The highest BCUT2D eigenvalue weighted by Gasteiger charge is 2.09. The van der Waals surface area contributed by atoms with Gasteiger partial charge in [0.15, 0.2) is 0 Å². The molecule has 94 valence electrons. The number of rotatable bonds is 8. The van der Waals surface area contributed by atoms with Gasteiger partial charge in [-0.1, -0.05) is 0 Å². The van der Waals surface area contributed by atoms with Crippen molar-refractivity contribution in [1.82, 2.24) is 10.2 Å². The van der Waals surface area contributed by atoms with Crippen molar-refractivity contribution in [3.63, 3.8) is 0 Å². The zero-order valence-electron chi connectivity index (χ0n) is 10.3. The largest absolute Gasteiger partial charge is 0.469 e. The fourth-order valence-corrected chi connectivity index (χ4v) is 2.02. The Balaban J connectivity index is 1.79. The minimum atomic E-state index is -0.112. The molecule has 4 heteroatoms. The summed E-state index contributed by atoms with van der Waals surface area (Å²) in [5.74, 6) is -0.112. The predicted octanol–water partition coefficient (Wildman–Crippen LogP) is 1.02. The summed E-state index contributed by atoms with van der Waals surface area (Å²) in [7, 11) is 1.44. The van der Waals surface area contributed by atoms with Crippen molar-refractivity contribution in [2.24, 2.45) is 0 Å². The Bertz CT molecular complexity index is 191. The lowest BCUT2D eigenvalue weighted by Crippen LogP contribution is -2.25. The molecule has 0 aromatic heterocycles. The molecule has 1 aliphatic heterocycles. The lowest BCUT2D eigenvalue weighted by molar-refractivity contribution is -0.140. The molecule has 0 bridgehead atoms. The molecule has 0 aliphatic carbocycles. The van der Waals surface area contributed by atoms with E-state index in [1.165, 1.54) is 46.0 Å². The highest BCUT2D eigenvalue weighted by Crippen LogP contribution is 2.06. The molecule has 16 heavy (non-hydrogen) atoms. The number of hydrogen-bond acceptors (Lipinski definition) is 4. The third kappa shape index (κ3) is 6.08. The van der Waals surface area contributed by atoms with Crippen molar-refractivity contribution in [2.75, 3.05) is 39.8 Å². The number of hydrogen-bond donors (Lipinski definition) is 1. The van der Waals surface area contributed by atoms with E-state index in [4.69, 9.17) is 0 Å². The molecule has 4 nitrogen and oxygen atoms in total. The van der Waals surface area contributed by atoms with Crippen LogP contribution in [0.4, 0.5) is 0 Å². The number of nitrogens with zero attached hydrogens (tertiary/aromatic N) is 1. The van der Waals surface area contributed by atoms with E-state index in [1.54, 1.807) is 0 Å². The minimum Gasteiger partial charge on any atom is -0.469 e. The molecule has 0 aromatic rings. The first-order chi connectivity index (χ1) is 7.83. The van der Waals surface area contributed by atoms with Crippen molar-refractivity contribution in [2.45, 2.75) is 32.1 Å². The first kappa shape index (κ1) is 13.5. The highest BCUT2D eigenvalue weighted by molar-refractivity contribution is 5.68. The standard InChI is InChI=1S/C12H24N2O2/c1-16-12(15)6-4-7-13-8-5-11-14-9-2-3-10-14/h13H,2-11H2,1H3. The number of nitrogens with one attached hydrogen (secondary N) is 1. The van der Waals surface area contributed by atoms with Crippen LogP contribution in [0.1, 0.15) is 32.1 Å². The average Bonchev–Trinajstić information content (AvgIpc) is 2.80. The molecule has 1 aliphatic rings. The van der Waals surface area contributed by atoms with Gasteiger partial charge in [0.25, 0.3) is 0 Å². The normalized spacial score (nSPS) is 16.6. The fraction of sp³-hybridized carbons (Fsp3) is 0.917. The highest BCUT2D eigenvalue weighted by atomic mass is 16.5. The second-order valence-corrected chi connectivity index (χ2v) is 4.33. The molecule has 1 heterocycles. The molecule has 1 fully saturated rings. The summed E-state index contributed by atoms with van der Waals surface area (Å²) in [6.45, 7) is 5.74. The zero-order chi connectivity index (χ0) is 11.6.